The van der Waals surface area contributed by atoms with Gasteiger partial charge in [-0.3, -0.25) is 9.69 Å². The van der Waals surface area contributed by atoms with Crippen molar-refractivity contribution in [2.45, 2.75) is 46.6 Å². The number of anilines is 1. The van der Waals surface area contributed by atoms with Gasteiger partial charge < -0.3 is 15.4 Å². The summed E-state index contributed by atoms with van der Waals surface area (Å²) in [6, 6.07) is 6.25. The molecular formula is C20H27N3O4. The first-order valence-corrected chi connectivity index (χ1v) is 9.28. The molecule has 0 saturated heterocycles. The van der Waals surface area contributed by atoms with Crippen LogP contribution in [0.25, 0.3) is 0 Å². The summed E-state index contributed by atoms with van der Waals surface area (Å²) in [7, 11) is 0. The minimum absolute atomic E-state index is 0.0770. The molecule has 0 spiro atoms. The third kappa shape index (κ3) is 4.67. The van der Waals surface area contributed by atoms with E-state index < -0.39 is 12.0 Å². The fraction of sp³-hybridized carbons (Fsp3) is 0.450. The Hall–Kier alpha value is -2.83. The van der Waals surface area contributed by atoms with Gasteiger partial charge in [0.2, 0.25) is 5.91 Å². The molecule has 1 aromatic rings. The summed E-state index contributed by atoms with van der Waals surface area (Å²) in [5, 5.41) is 5.68. The molecule has 1 unspecified atom stereocenters. The SMILES string of the molecule is CCCN1C(=O)NC(c2ccc(NC(=O)CC)cc2)C(C(=O)OCC)=C1C. The van der Waals surface area contributed by atoms with Crippen molar-refractivity contribution in [3.63, 3.8) is 0 Å². The summed E-state index contributed by atoms with van der Waals surface area (Å²) >= 11 is 0. The Labute approximate surface area is 159 Å². The van der Waals surface area contributed by atoms with Crippen LogP contribution in [0.5, 0.6) is 0 Å². The zero-order chi connectivity index (χ0) is 20.0. The topological polar surface area (TPSA) is 87.7 Å². The molecule has 3 amide bonds. The molecule has 1 aliphatic heterocycles. The van der Waals surface area contributed by atoms with E-state index in [0.29, 0.717) is 29.9 Å². The van der Waals surface area contributed by atoms with E-state index in [1.54, 1.807) is 49.9 Å². The summed E-state index contributed by atoms with van der Waals surface area (Å²) < 4.78 is 5.22. The third-order valence-electron chi connectivity index (χ3n) is 4.39. The van der Waals surface area contributed by atoms with Crippen LogP contribution in [0.1, 0.15) is 52.1 Å². The fourth-order valence-electron chi connectivity index (χ4n) is 3.01. The van der Waals surface area contributed by atoms with E-state index in [1.165, 1.54) is 0 Å². The number of carbonyl (C=O) groups excluding carboxylic acids is 3. The number of esters is 1. The molecule has 1 heterocycles. The van der Waals surface area contributed by atoms with Crippen LogP contribution >= 0.6 is 0 Å². The van der Waals surface area contributed by atoms with E-state index in [1.807, 2.05) is 6.92 Å². The summed E-state index contributed by atoms with van der Waals surface area (Å²) in [5.74, 6) is -0.517. The van der Waals surface area contributed by atoms with Crippen molar-refractivity contribution in [3.8, 4) is 0 Å². The second-order valence-corrected chi connectivity index (χ2v) is 6.28. The van der Waals surface area contributed by atoms with Crippen molar-refractivity contribution < 1.29 is 19.1 Å². The van der Waals surface area contributed by atoms with Crippen LogP contribution in [0, 0.1) is 0 Å². The zero-order valence-electron chi connectivity index (χ0n) is 16.3. The average molecular weight is 373 g/mol. The van der Waals surface area contributed by atoms with Crippen LogP contribution in [0.3, 0.4) is 0 Å². The lowest BCUT2D eigenvalue weighted by molar-refractivity contribution is -0.139. The highest BCUT2D eigenvalue weighted by Gasteiger charge is 2.36. The lowest BCUT2D eigenvalue weighted by Gasteiger charge is -2.35. The van der Waals surface area contributed by atoms with Gasteiger partial charge in [0.25, 0.3) is 0 Å². The maximum absolute atomic E-state index is 12.6. The number of nitrogens with one attached hydrogen (secondary N) is 2. The molecular weight excluding hydrogens is 346 g/mol. The molecule has 1 aromatic carbocycles. The highest BCUT2D eigenvalue weighted by atomic mass is 16.5. The van der Waals surface area contributed by atoms with Crippen molar-refractivity contribution in [1.29, 1.82) is 0 Å². The molecule has 0 radical (unpaired) electrons. The molecule has 0 fully saturated rings. The maximum Gasteiger partial charge on any atom is 0.338 e. The largest absolute Gasteiger partial charge is 0.463 e. The molecule has 0 saturated carbocycles. The Bertz CT molecular complexity index is 740. The van der Waals surface area contributed by atoms with Gasteiger partial charge in [0, 0.05) is 24.4 Å². The van der Waals surface area contributed by atoms with Crippen LogP contribution in [0.2, 0.25) is 0 Å². The summed E-state index contributed by atoms with van der Waals surface area (Å²) in [6.07, 6.45) is 1.17. The van der Waals surface area contributed by atoms with Gasteiger partial charge in [0.05, 0.1) is 18.2 Å². The average Bonchev–Trinajstić information content (AvgIpc) is 2.65. The molecule has 7 nitrogen and oxygen atoms in total. The van der Waals surface area contributed by atoms with Crippen molar-refractivity contribution in [3.05, 3.63) is 41.1 Å². The van der Waals surface area contributed by atoms with Crippen molar-refractivity contribution in [2.24, 2.45) is 0 Å². The monoisotopic (exact) mass is 373 g/mol. The minimum atomic E-state index is -0.597. The number of hydrogen-bond acceptors (Lipinski definition) is 4. The first kappa shape index (κ1) is 20.5. The normalized spacial score (nSPS) is 16.8. The highest BCUT2D eigenvalue weighted by molar-refractivity contribution is 5.95. The van der Waals surface area contributed by atoms with Gasteiger partial charge in [-0.05, 0) is 38.0 Å². The lowest BCUT2D eigenvalue weighted by Crippen LogP contribution is -2.48. The number of benzene rings is 1. The predicted molar refractivity (Wildman–Crippen MR) is 103 cm³/mol. The summed E-state index contributed by atoms with van der Waals surface area (Å²) in [4.78, 5) is 38.2. The van der Waals surface area contributed by atoms with E-state index in [0.717, 1.165) is 12.0 Å². The Balaban J connectivity index is 2.39. The van der Waals surface area contributed by atoms with Gasteiger partial charge >= 0.3 is 12.0 Å². The lowest BCUT2D eigenvalue weighted by atomic mass is 9.94. The molecule has 0 aliphatic carbocycles. The van der Waals surface area contributed by atoms with E-state index in [2.05, 4.69) is 10.6 Å². The zero-order valence-corrected chi connectivity index (χ0v) is 16.3. The number of allylic oxidation sites excluding steroid dienone is 1. The Morgan fingerprint density at radius 2 is 1.85 bits per heavy atom. The van der Waals surface area contributed by atoms with Crippen molar-refractivity contribution >= 4 is 23.6 Å². The molecule has 1 atom stereocenters. The van der Waals surface area contributed by atoms with E-state index in [9.17, 15) is 14.4 Å². The first-order valence-electron chi connectivity index (χ1n) is 9.28. The predicted octanol–water partition coefficient (Wildman–Crippen LogP) is 3.35. The number of ether oxygens (including phenoxy) is 1. The number of urea groups is 1. The van der Waals surface area contributed by atoms with Gasteiger partial charge in [-0.25, -0.2) is 9.59 Å². The second-order valence-electron chi connectivity index (χ2n) is 6.28. The molecule has 7 heteroatoms. The smallest absolute Gasteiger partial charge is 0.338 e. The number of rotatable bonds is 7. The van der Waals surface area contributed by atoms with Crippen LogP contribution in [0.4, 0.5) is 10.5 Å². The van der Waals surface area contributed by atoms with Crippen LogP contribution in [-0.4, -0.2) is 36.0 Å². The molecule has 2 rings (SSSR count). The van der Waals surface area contributed by atoms with Crippen LogP contribution < -0.4 is 10.6 Å². The second kappa shape index (κ2) is 9.21. The molecule has 2 N–H and O–H groups in total. The Morgan fingerprint density at radius 3 is 2.41 bits per heavy atom. The summed E-state index contributed by atoms with van der Waals surface area (Å²) in [5.41, 5.74) is 2.44. The Kier molecular flexibility index (Phi) is 6.98. The molecule has 0 bridgehead atoms. The summed E-state index contributed by atoms with van der Waals surface area (Å²) in [6.45, 7) is 8.05. The fourth-order valence-corrected chi connectivity index (χ4v) is 3.01. The molecule has 146 valence electrons. The first-order chi connectivity index (χ1) is 12.9. The van der Waals surface area contributed by atoms with Gasteiger partial charge in [-0.1, -0.05) is 26.0 Å². The standard InChI is InChI=1S/C20H27N3O4/c1-5-12-23-13(4)17(19(25)27-7-3)18(22-20(23)26)14-8-10-15(11-9-14)21-16(24)6-2/h8-11,18H,5-7,12H2,1-4H3,(H,21,24)(H,22,26). The number of hydrogen-bond donors (Lipinski definition) is 2. The minimum Gasteiger partial charge on any atom is -0.463 e. The quantitative estimate of drug-likeness (QED) is 0.718. The highest BCUT2D eigenvalue weighted by Crippen LogP contribution is 2.32. The van der Waals surface area contributed by atoms with Crippen molar-refractivity contribution in [1.82, 2.24) is 10.2 Å². The number of nitrogens with zero attached hydrogens (tertiary/aromatic N) is 1. The molecule has 0 aromatic heterocycles. The van der Waals surface area contributed by atoms with Gasteiger partial charge in [-0.2, -0.15) is 0 Å². The van der Waals surface area contributed by atoms with E-state index >= 15 is 0 Å². The van der Waals surface area contributed by atoms with E-state index in [4.69, 9.17) is 4.74 Å². The number of amides is 3. The van der Waals surface area contributed by atoms with Gasteiger partial charge in [0.15, 0.2) is 0 Å². The van der Waals surface area contributed by atoms with Crippen LogP contribution in [0.15, 0.2) is 35.5 Å². The third-order valence-corrected chi connectivity index (χ3v) is 4.39. The molecule has 1 aliphatic rings. The number of carbonyl (C=O) groups is 3. The van der Waals surface area contributed by atoms with Crippen molar-refractivity contribution in [2.75, 3.05) is 18.5 Å². The van der Waals surface area contributed by atoms with Crippen LogP contribution in [-0.2, 0) is 14.3 Å². The maximum atomic E-state index is 12.6. The van der Waals surface area contributed by atoms with Gasteiger partial charge in [0.1, 0.15) is 0 Å². The Morgan fingerprint density at radius 1 is 1.19 bits per heavy atom. The molecule has 27 heavy (non-hydrogen) atoms. The van der Waals surface area contributed by atoms with Gasteiger partial charge in [-0.15, -0.1) is 0 Å². The van der Waals surface area contributed by atoms with E-state index in [-0.39, 0.29) is 18.5 Å².